The molecule has 1 aromatic heterocycles. The Morgan fingerprint density at radius 1 is 1.07 bits per heavy atom. The maximum absolute atomic E-state index is 12.6. The molecule has 0 fully saturated rings. The van der Waals surface area contributed by atoms with Crippen molar-refractivity contribution in [1.29, 1.82) is 0 Å². The van der Waals surface area contributed by atoms with Crippen LogP contribution in [0.25, 0.3) is 11.1 Å². The molecule has 0 atom stereocenters. The minimum absolute atomic E-state index is 0.115. The number of hydrogen-bond acceptors (Lipinski definition) is 4. The van der Waals surface area contributed by atoms with E-state index in [2.05, 4.69) is 11.9 Å². The van der Waals surface area contributed by atoms with Crippen LogP contribution < -0.4 is 5.14 Å². The van der Waals surface area contributed by atoms with Crippen LogP contribution in [0.4, 0.5) is 0 Å². The van der Waals surface area contributed by atoms with Gasteiger partial charge in [-0.25, -0.2) is 18.5 Å². The van der Waals surface area contributed by atoms with E-state index in [-0.39, 0.29) is 18.0 Å². The Bertz CT molecular complexity index is 1090. The molecule has 0 aliphatic heterocycles. The summed E-state index contributed by atoms with van der Waals surface area (Å²) in [6.45, 7) is 4.19. The Balaban J connectivity index is 2.20. The minimum Gasteiger partial charge on any atom is -0.390 e. The van der Waals surface area contributed by atoms with E-state index >= 15 is 0 Å². The van der Waals surface area contributed by atoms with E-state index in [9.17, 15) is 13.5 Å². The summed E-state index contributed by atoms with van der Waals surface area (Å²) in [5.41, 5.74) is 3.51. The first-order chi connectivity index (χ1) is 13.9. The predicted octanol–water partition coefficient (Wildman–Crippen LogP) is 3.25. The average Bonchev–Trinajstić information content (AvgIpc) is 3.04. The molecule has 0 aliphatic rings. The summed E-state index contributed by atoms with van der Waals surface area (Å²) in [7, 11) is -3.97. The molecule has 1 heterocycles. The van der Waals surface area contributed by atoms with Crippen molar-refractivity contribution in [3.63, 3.8) is 0 Å². The number of nitrogens with two attached hydrogens (primary N) is 1. The second-order valence-electron chi connectivity index (χ2n) is 6.97. The van der Waals surface area contributed by atoms with Crippen LogP contribution in [0.2, 0.25) is 0 Å². The molecule has 0 unspecified atom stereocenters. The summed E-state index contributed by atoms with van der Waals surface area (Å²) in [5.74, 6) is 0.846. The first-order valence-corrected chi connectivity index (χ1v) is 11.3. The Morgan fingerprint density at radius 3 is 2.38 bits per heavy atom. The van der Waals surface area contributed by atoms with Gasteiger partial charge in [0.25, 0.3) is 0 Å². The lowest BCUT2D eigenvalue weighted by atomic mass is 10.0. The van der Waals surface area contributed by atoms with E-state index < -0.39 is 10.0 Å². The molecule has 3 N–H and O–H groups in total. The van der Waals surface area contributed by atoms with Gasteiger partial charge in [0.15, 0.2) is 0 Å². The zero-order valence-corrected chi connectivity index (χ0v) is 17.6. The molecular formula is C22H27N3O3S. The fourth-order valence-corrected chi connectivity index (χ4v) is 4.70. The largest absolute Gasteiger partial charge is 0.390 e. The lowest BCUT2D eigenvalue weighted by Crippen LogP contribution is -2.18. The van der Waals surface area contributed by atoms with Crippen LogP contribution in [0, 0.1) is 0 Å². The molecule has 154 valence electrons. The maximum atomic E-state index is 12.6. The van der Waals surface area contributed by atoms with Crippen molar-refractivity contribution < 1.29 is 13.5 Å². The zero-order chi connectivity index (χ0) is 21.0. The van der Waals surface area contributed by atoms with Gasteiger partial charge in [0, 0.05) is 12.0 Å². The normalized spacial score (nSPS) is 11.7. The van der Waals surface area contributed by atoms with Crippen molar-refractivity contribution in [1.82, 2.24) is 9.55 Å². The number of aryl methyl sites for hydroxylation is 2. The van der Waals surface area contributed by atoms with E-state index in [0.717, 1.165) is 35.6 Å². The zero-order valence-electron chi connectivity index (χ0n) is 16.8. The number of nitrogens with zero attached hydrogens (tertiary/aromatic N) is 2. The number of aliphatic hydroxyl groups excluding tert-OH is 1. The number of aliphatic hydroxyl groups is 1. The van der Waals surface area contributed by atoms with Gasteiger partial charge >= 0.3 is 0 Å². The van der Waals surface area contributed by atoms with E-state index in [0.29, 0.717) is 17.5 Å². The van der Waals surface area contributed by atoms with Gasteiger partial charge in [-0.2, -0.15) is 0 Å². The molecule has 0 saturated heterocycles. The summed E-state index contributed by atoms with van der Waals surface area (Å²) in [6.07, 6.45) is 2.35. The molecule has 0 aliphatic carbocycles. The minimum atomic E-state index is -3.97. The molecule has 3 aromatic rings. The topological polar surface area (TPSA) is 98.2 Å². The number of imidazole rings is 1. The molecule has 0 spiro atoms. The van der Waals surface area contributed by atoms with Gasteiger partial charge in [-0.1, -0.05) is 62.4 Å². The number of rotatable bonds is 8. The van der Waals surface area contributed by atoms with Crippen molar-refractivity contribution >= 4 is 10.0 Å². The highest BCUT2D eigenvalue weighted by atomic mass is 32.2. The molecule has 0 bridgehead atoms. The standard InChI is InChI=1S/C22H27N3O3S/c1-3-9-21-24-19(4-2)20(15-26)25(21)14-17-12-8-13-18(22(17)29(23,27)28)16-10-6-5-7-11-16/h5-8,10-13,26H,3-4,9,14-15H2,1-2H3,(H2,23,27,28). The molecule has 2 aromatic carbocycles. The highest BCUT2D eigenvalue weighted by molar-refractivity contribution is 7.89. The first kappa shape index (κ1) is 21.2. The fraction of sp³-hybridized carbons (Fsp3) is 0.318. The second kappa shape index (κ2) is 8.90. The van der Waals surface area contributed by atoms with Crippen LogP contribution in [0.1, 0.15) is 43.0 Å². The van der Waals surface area contributed by atoms with Crippen LogP contribution in [0.15, 0.2) is 53.4 Å². The molecule has 6 nitrogen and oxygen atoms in total. The smallest absolute Gasteiger partial charge is 0.239 e. The van der Waals surface area contributed by atoms with Crippen LogP contribution in [0.5, 0.6) is 0 Å². The predicted molar refractivity (Wildman–Crippen MR) is 114 cm³/mol. The Kier molecular flexibility index (Phi) is 6.52. The van der Waals surface area contributed by atoms with Crippen molar-refractivity contribution in [3.05, 3.63) is 71.3 Å². The monoisotopic (exact) mass is 413 g/mol. The van der Waals surface area contributed by atoms with E-state index in [1.807, 2.05) is 47.9 Å². The van der Waals surface area contributed by atoms with E-state index in [1.54, 1.807) is 12.1 Å². The highest BCUT2D eigenvalue weighted by Crippen LogP contribution is 2.31. The third-order valence-corrected chi connectivity index (χ3v) is 6.04. The molecule has 0 radical (unpaired) electrons. The van der Waals surface area contributed by atoms with Gasteiger partial charge in [0.05, 0.1) is 29.4 Å². The quantitative estimate of drug-likeness (QED) is 0.592. The summed E-state index contributed by atoms with van der Waals surface area (Å²) in [4.78, 5) is 4.80. The van der Waals surface area contributed by atoms with Gasteiger partial charge in [-0.3, -0.25) is 0 Å². The van der Waals surface area contributed by atoms with Gasteiger partial charge < -0.3 is 9.67 Å². The summed E-state index contributed by atoms with van der Waals surface area (Å²) in [6, 6.07) is 14.7. The fourth-order valence-electron chi connectivity index (χ4n) is 3.71. The van der Waals surface area contributed by atoms with Crippen LogP contribution in [-0.2, 0) is 36.0 Å². The van der Waals surface area contributed by atoms with Crippen LogP contribution >= 0.6 is 0 Å². The third kappa shape index (κ3) is 4.42. The molecule has 3 rings (SSSR count). The molecular weight excluding hydrogens is 386 g/mol. The Hall–Kier alpha value is -2.48. The van der Waals surface area contributed by atoms with Crippen molar-refractivity contribution in [2.75, 3.05) is 0 Å². The lowest BCUT2D eigenvalue weighted by molar-refractivity contribution is 0.269. The molecule has 7 heteroatoms. The molecule has 0 saturated carbocycles. The summed E-state index contributed by atoms with van der Waals surface area (Å²) in [5, 5.41) is 15.6. The van der Waals surface area contributed by atoms with Gasteiger partial charge in [-0.05, 0) is 24.0 Å². The van der Waals surface area contributed by atoms with Crippen LogP contribution in [-0.4, -0.2) is 23.1 Å². The first-order valence-electron chi connectivity index (χ1n) is 9.78. The molecule has 0 amide bonds. The Labute approximate surface area is 172 Å². The van der Waals surface area contributed by atoms with E-state index in [1.165, 1.54) is 0 Å². The van der Waals surface area contributed by atoms with Gasteiger partial charge in [-0.15, -0.1) is 0 Å². The van der Waals surface area contributed by atoms with Gasteiger partial charge in [0.2, 0.25) is 10.0 Å². The maximum Gasteiger partial charge on any atom is 0.239 e. The number of aromatic nitrogens is 2. The number of benzene rings is 2. The average molecular weight is 414 g/mol. The number of primary sulfonamides is 1. The molecule has 29 heavy (non-hydrogen) atoms. The summed E-state index contributed by atoms with van der Waals surface area (Å²) < 4.78 is 27.1. The van der Waals surface area contributed by atoms with Crippen molar-refractivity contribution in [3.8, 4) is 11.1 Å². The van der Waals surface area contributed by atoms with Gasteiger partial charge in [0.1, 0.15) is 5.82 Å². The number of sulfonamides is 1. The number of hydrogen-bond donors (Lipinski definition) is 2. The SMILES string of the molecule is CCCc1nc(CC)c(CO)n1Cc1cccc(-c2ccccc2)c1S(N)(=O)=O. The van der Waals surface area contributed by atoms with Crippen molar-refractivity contribution in [2.45, 2.75) is 51.2 Å². The lowest BCUT2D eigenvalue weighted by Gasteiger charge is -2.17. The Morgan fingerprint density at radius 2 is 1.79 bits per heavy atom. The highest BCUT2D eigenvalue weighted by Gasteiger charge is 2.22. The second-order valence-corrected chi connectivity index (χ2v) is 8.47. The van der Waals surface area contributed by atoms with Crippen LogP contribution in [0.3, 0.4) is 0 Å². The van der Waals surface area contributed by atoms with Crippen molar-refractivity contribution in [2.24, 2.45) is 5.14 Å². The third-order valence-electron chi connectivity index (χ3n) is 4.99. The van der Waals surface area contributed by atoms with E-state index in [4.69, 9.17) is 5.14 Å². The summed E-state index contributed by atoms with van der Waals surface area (Å²) >= 11 is 0.